The number of methoxy groups -OCH3 is 1. The van der Waals surface area contributed by atoms with Gasteiger partial charge in [-0.2, -0.15) is 0 Å². The molecular formula is C39H52ClN3O5Si. The first-order chi connectivity index (χ1) is 23.2. The second-order valence-corrected chi connectivity index (χ2v) is 20.2. The third-order valence-electron chi connectivity index (χ3n) is 10.6. The SMILES string of the molecule is COc1cc(NC(=O)CCCc2ccc(-c3ccccc3)c(NC(=O)OC3CC4CCC(C3)N4C)c2)c(Cl)cc1CO[Si](C)(C)C(C)(C)C. The van der Waals surface area contributed by atoms with E-state index < -0.39 is 14.4 Å². The number of halogens is 1. The van der Waals surface area contributed by atoms with Crippen molar-refractivity contribution in [2.75, 3.05) is 24.8 Å². The van der Waals surface area contributed by atoms with E-state index in [2.05, 4.69) is 62.5 Å². The number of carbonyl (C=O) groups is 2. The second kappa shape index (κ2) is 15.7. The highest BCUT2D eigenvalue weighted by molar-refractivity contribution is 6.74. The van der Waals surface area contributed by atoms with Gasteiger partial charge in [0.15, 0.2) is 8.32 Å². The van der Waals surface area contributed by atoms with Crippen LogP contribution in [0.4, 0.5) is 16.2 Å². The van der Waals surface area contributed by atoms with Gasteiger partial charge >= 0.3 is 6.09 Å². The van der Waals surface area contributed by atoms with Crippen molar-refractivity contribution in [3.8, 4) is 16.9 Å². The van der Waals surface area contributed by atoms with Crippen LogP contribution in [0.2, 0.25) is 23.2 Å². The third-order valence-corrected chi connectivity index (χ3v) is 15.4. The maximum Gasteiger partial charge on any atom is 0.411 e. The molecule has 10 heteroatoms. The zero-order valence-corrected chi connectivity index (χ0v) is 31.8. The van der Waals surface area contributed by atoms with Crippen molar-refractivity contribution < 1.29 is 23.5 Å². The molecule has 5 rings (SSSR count). The second-order valence-electron chi connectivity index (χ2n) is 15.0. The molecule has 2 fully saturated rings. The van der Waals surface area contributed by atoms with E-state index in [1.165, 1.54) is 12.8 Å². The smallest absolute Gasteiger partial charge is 0.411 e. The Hall–Kier alpha value is -3.37. The standard InChI is InChI=1S/C39H52ClN3O5Si/c1-39(2,3)49(6,7)47-25-28-21-33(40)35(24-36(28)46-5)41-37(44)15-11-12-26-16-19-32(27-13-9-8-10-14-27)34(20-26)42-38(45)48-31-22-29-17-18-30(23-31)43(29)4/h8-10,13-14,16,19-21,24,29-31H,11-12,15,17-18,22-23,25H2,1-7H3,(H,41,44)(H,42,45). The summed E-state index contributed by atoms with van der Waals surface area (Å²) >= 11 is 6.62. The van der Waals surface area contributed by atoms with Gasteiger partial charge in [0.05, 0.1) is 30.1 Å². The lowest BCUT2D eigenvalue weighted by Crippen LogP contribution is -2.43. The van der Waals surface area contributed by atoms with Crippen LogP contribution in [0.3, 0.4) is 0 Å². The summed E-state index contributed by atoms with van der Waals surface area (Å²) in [5, 5.41) is 6.52. The van der Waals surface area contributed by atoms with E-state index in [0.29, 0.717) is 60.1 Å². The normalized spacial score (nSPS) is 19.4. The van der Waals surface area contributed by atoms with Gasteiger partial charge in [-0.15, -0.1) is 0 Å². The van der Waals surface area contributed by atoms with Crippen molar-refractivity contribution in [1.29, 1.82) is 0 Å². The van der Waals surface area contributed by atoms with Crippen molar-refractivity contribution in [2.24, 2.45) is 0 Å². The van der Waals surface area contributed by atoms with Gasteiger partial charge in [-0.05, 0) is 74.1 Å². The maximum atomic E-state index is 13.2. The van der Waals surface area contributed by atoms with Crippen molar-refractivity contribution >= 4 is 43.3 Å². The first-order valence-corrected chi connectivity index (χ1v) is 20.7. The van der Waals surface area contributed by atoms with Crippen LogP contribution in [0, 0.1) is 0 Å². The van der Waals surface area contributed by atoms with Gasteiger partial charge in [-0.3, -0.25) is 10.1 Å². The highest BCUT2D eigenvalue weighted by Crippen LogP contribution is 2.39. The molecule has 2 atom stereocenters. The molecule has 2 saturated heterocycles. The van der Waals surface area contributed by atoms with Gasteiger partial charge in [0.25, 0.3) is 0 Å². The average molecular weight is 706 g/mol. The molecule has 0 aliphatic carbocycles. The molecule has 2 N–H and O–H groups in total. The summed E-state index contributed by atoms with van der Waals surface area (Å²) in [6.45, 7) is 11.4. The monoisotopic (exact) mass is 705 g/mol. The number of amides is 2. The number of nitrogens with zero attached hydrogens (tertiary/aromatic N) is 1. The summed E-state index contributed by atoms with van der Waals surface area (Å²) in [4.78, 5) is 28.6. The number of hydrogen-bond acceptors (Lipinski definition) is 6. The maximum absolute atomic E-state index is 13.2. The molecule has 0 radical (unpaired) electrons. The molecule has 3 aromatic carbocycles. The molecule has 8 nitrogen and oxygen atoms in total. The largest absolute Gasteiger partial charge is 0.496 e. The van der Waals surface area contributed by atoms with E-state index in [-0.39, 0.29) is 17.0 Å². The van der Waals surface area contributed by atoms with Crippen LogP contribution < -0.4 is 15.4 Å². The highest BCUT2D eigenvalue weighted by atomic mass is 35.5. The summed E-state index contributed by atoms with van der Waals surface area (Å²) in [5.41, 5.74) is 5.00. The summed E-state index contributed by atoms with van der Waals surface area (Å²) in [7, 11) is 1.82. The van der Waals surface area contributed by atoms with Gasteiger partial charge in [-0.1, -0.05) is 74.8 Å². The fourth-order valence-electron chi connectivity index (χ4n) is 6.60. The number of rotatable bonds is 12. The molecule has 2 amide bonds. The molecule has 2 bridgehead atoms. The number of fused-ring (bicyclic) bond motifs is 2. The predicted octanol–water partition coefficient (Wildman–Crippen LogP) is 9.67. The van der Waals surface area contributed by atoms with E-state index in [4.69, 9.17) is 25.5 Å². The molecule has 2 aliphatic heterocycles. The topological polar surface area (TPSA) is 89.1 Å². The molecule has 2 unspecified atom stereocenters. The van der Waals surface area contributed by atoms with Gasteiger partial charge < -0.3 is 24.1 Å². The number of hydrogen-bond donors (Lipinski definition) is 2. The van der Waals surface area contributed by atoms with Crippen molar-refractivity contribution in [1.82, 2.24) is 4.90 Å². The van der Waals surface area contributed by atoms with E-state index >= 15 is 0 Å². The molecule has 0 aromatic heterocycles. The van der Waals surface area contributed by atoms with E-state index in [9.17, 15) is 9.59 Å². The van der Waals surface area contributed by atoms with Crippen LogP contribution in [-0.4, -0.2) is 57.6 Å². The summed E-state index contributed by atoms with van der Waals surface area (Å²) in [6, 6.07) is 20.6. The first-order valence-electron chi connectivity index (χ1n) is 17.4. The lowest BCUT2D eigenvalue weighted by molar-refractivity contribution is -0.116. The Bertz CT molecular complexity index is 1610. The minimum atomic E-state index is -1.97. The lowest BCUT2D eigenvalue weighted by Gasteiger charge is -2.36. The van der Waals surface area contributed by atoms with Gasteiger partial charge in [-0.25, -0.2) is 4.79 Å². The Balaban J connectivity index is 1.19. The number of benzene rings is 3. The van der Waals surface area contributed by atoms with Crippen LogP contribution in [0.25, 0.3) is 11.1 Å². The first kappa shape index (κ1) is 36.9. The van der Waals surface area contributed by atoms with Crippen molar-refractivity contribution in [3.05, 3.63) is 76.8 Å². The minimum absolute atomic E-state index is 0.0733. The molecule has 49 heavy (non-hydrogen) atoms. The summed E-state index contributed by atoms with van der Waals surface area (Å²) in [5.74, 6) is 0.489. The fraction of sp³-hybridized carbons (Fsp3) is 0.487. The number of carbonyl (C=O) groups excluding carboxylic acids is 2. The summed E-state index contributed by atoms with van der Waals surface area (Å²) in [6.07, 6.45) is 5.17. The predicted molar refractivity (Wildman–Crippen MR) is 201 cm³/mol. The van der Waals surface area contributed by atoms with Gasteiger partial charge in [0, 0.05) is 48.5 Å². The van der Waals surface area contributed by atoms with Crippen LogP contribution in [0.1, 0.15) is 70.4 Å². The van der Waals surface area contributed by atoms with Crippen molar-refractivity contribution in [3.63, 3.8) is 0 Å². The van der Waals surface area contributed by atoms with Crippen LogP contribution >= 0.6 is 11.6 Å². The molecule has 0 saturated carbocycles. The van der Waals surface area contributed by atoms with E-state index in [1.54, 1.807) is 13.2 Å². The Labute approximate surface area is 298 Å². The molecule has 264 valence electrons. The average Bonchev–Trinajstić information content (AvgIpc) is 3.24. The van der Waals surface area contributed by atoms with Crippen LogP contribution in [0.15, 0.2) is 60.7 Å². The van der Waals surface area contributed by atoms with E-state index in [1.807, 2.05) is 48.5 Å². The minimum Gasteiger partial charge on any atom is -0.496 e. The number of aryl methyl sites for hydroxylation is 1. The molecule has 3 aromatic rings. The Morgan fingerprint density at radius 3 is 2.31 bits per heavy atom. The molecule has 0 spiro atoms. The fourth-order valence-corrected chi connectivity index (χ4v) is 7.78. The van der Waals surface area contributed by atoms with E-state index in [0.717, 1.165) is 35.1 Å². The summed E-state index contributed by atoms with van der Waals surface area (Å²) < 4.78 is 18.0. The lowest BCUT2D eigenvalue weighted by atomic mass is 9.99. The number of ether oxygens (including phenoxy) is 2. The van der Waals surface area contributed by atoms with Crippen LogP contribution in [-0.2, 0) is 27.0 Å². The molecule has 2 heterocycles. The van der Waals surface area contributed by atoms with Crippen LogP contribution in [0.5, 0.6) is 5.75 Å². The zero-order chi connectivity index (χ0) is 35.3. The number of piperidine rings is 1. The Kier molecular flexibility index (Phi) is 11.8. The Morgan fingerprint density at radius 2 is 1.65 bits per heavy atom. The highest BCUT2D eigenvalue weighted by Gasteiger charge is 2.40. The van der Waals surface area contributed by atoms with Crippen molar-refractivity contribution in [2.45, 2.75) is 109 Å². The Morgan fingerprint density at radius 1 is 0.959 bits per heavy atom. The molecule has 2 aliphatic rings. The number of anilines is 2. The third kappa shape index (κ3) is 9.25. The quantitative estimate of drug-likeness (QED) is 0.183. The van der Waals surface area contributed by atoms with Gasteiger partial charge in [0.2, 0.25) is 5.91 Å². The molecular weight excluding hydrogens is 654 g/mol. The number of nitrogens with one attached hydrogen (secondary N) is 2. The van der Waals surface area contributed by atoms with Gasteiger partial charge in [0.1, 0.15) is 11.9 Å². The zero-order valence-electron chi connectivity index (χ0n) is 30.0.